The van der Waals surface area contributed by atoms with Gasteiger partial charge in [0.15, 0.2) is 0 Å². The van der Waals surface area contributed by atoms with Crippen LogP contribution in [-0.4, -0.2) is 24.0 Å². The molecule has 1 aromatic rings. The minimum atomic E-state index is -0.230. The Morgan fingerprint density at radius 1 is 1.50 bits per heavy atom. The molecule has 0 amide bonds. The van der Waals surface area contributed by atoms with Crippen LogP contribution in [0.4, 0.5) is 4.39 Å². The minimum absolute atomic E-state index is 0.102. The number of hydrogen-bond donors (Lipinski definition) is 2. The van der Waals surface area contributed by atoms with Gasteiger partial charge in [-0.3, -0.25) is 0 Å². The summed E-state index contributed by atoms with van der Waals surface area (Å²) in [5.74, 6) is 0.842. The van der Waals surface area contributed by atoms with Gasteiger partial charge in [-0.05, 0) is 29.4 Å². The first-order chi connectivity index (χ1) is 7.67. The fourth-order valence-electron chi connectivity index (χ4n) is 1.34. The van der Waals surface area contributed by atoms with E-state index in [2.05, 4.69) is 0 Å². The van der Waals surface area contributed by atoms with E-state index in [9.17, 15) is 4.39 Å². The van der Waals surface area contributed by atoms with Gasteiger partial charge in [0.05, 0.1) is 0 Å². The summed E-state index contributed by atoms with van der Waals surface area (Å²) >= 11 is 1.66. The molecule has 0 saturated carbocycles. The molecule has 0 aliphatic rings. The number of aliphatic hydroxyl groups is 1. The lowest BCUT2D eigenvalue weighted by Gasteiger charge is -2.16. The Bertz CT molecular complexity index is 322. The molecule has 2 unspecified atom stereocenters. The highest BCUT2D eigenvalue weighted by atomic mass is 32.2. The first-order valence-corrected chi connectivity index (χ1v) is 6.40. The summed E-state index contributed by atoms with van der Waals surface area (Å²) in [5, 5.41) is 9.03. The zero-order valence-corrected chi connectivity index (χ0v) is 10.2. The summed E-state index contributed by atoms with van der Waals surface area (Å²) in [6.45, 7) is 2.63. The van der Waals surface area contributed by atoms with Crippen molar-refractivity contribution in [3.8, 4) is 0 Å². The van der Waals surface area contributed by atoms with Gasteiger partial charge in [-0.1, -0.05) is 19.1 Å². The summed E-state index contributed by atoms with van der Waals surface area (Å²) in [6.07, 6.45) is 0. The Morgan fingerprint density at radius 3 is 2.81 bits per heavy atom. The Hall–Kier alpha value is -0.580. The monoisotopic (exact) mass is 243 g/mol. The fourth-order valence-corrected chi connectivity index (χ4v) is 2.48. The largest absolute Gasteiger partial charge is 0.396 e. The lowest BCUT2D eigenvalue weighted by atomic mass is 10.1. The molecule has 16 heavy (non-hydrogen) atoms. The molecule has 0 heterocycles. The van der Waals surface area contributed by atoms with Gasteiger partial charge in [0.2, 0.25) is 0 Å². The van der Waals surface area contributed by atoms with Crippen molar-refractivity contribution < 1.29 is 9.50 Å². The Kier molecular flexibility index (Phi) is 5.80. The smallest absolute Gasteiger partial charge is 0.123 e. The van der Waals surface area contributed by atoms with Gasteiger partial charge in [-0.15, -0.1) is 0 Å². The van der Waals surface area contributed by atoms with Crippen molar-refractivity contribution in [3.05, 3.63) is 35.6 Å². The van der Waals surface area contributed by atoms with Crippen molar-refractivity contribution in [1.29, 1.82) is 0 Å². The van der Waals surface area contributed by atoms with E-state index in [-0.39, 0.29) is 23.6 Å². The zero-order chi connectivity index (χ0) is 12.0. The number of aliphatic hydroxyl groups excluding tert-OH is 1. The molecule has 1 aromatic carbocycles. The lowest BCUT2D eigenvalue weighted by Crippen LogP contribution is -2.13. The maximum Gasteiger partial charge on any atom is 0.123 e. The summed E-state index contributed by atoms with van der Waals surface area (Å²) in [7, 11) is 0. The van der Waals surface area contributed by atoms with Crippen molar-refractivity contribution >= 4 is 11.8 Å². The van der Waals surface area contributed by atoms with Gasteiger partial charge in [0, 0.05) is 18.4 Å². The van der Waals surface area contributed by atoms with E-state index in [4.69, 9.17) is 10.8 Å². The highest BCUT2D eigenvalue weighted by molar-refractivity contribution is 7.99. The number of thioether (sulfide) groups is 1. The molecule has 0 aromatic heterocycles. The average Bonchev–Trinajstić information content (AvgIpc) is 2.29. The van der Waals surface area contributed by atoms with Crippen LogP contribution in [0.3, 0.4) is 0 Å². The molecular weight excluding hydrogens is 225 g/mol. The van der Waals surface area contributed by atoms with Crippen LogP contribution in [0.2, 0.25) is 0 Å². The first-order valence-electron chi connectivity index (χ1n) is 5.35. The topological polar surface area (TPSA) is 46.2 Å². The molecule has 2 nitrogen and oxygen atoms in total. The SMILES string of the molecule is CC(CO)CSC(CN)c1cccc(F)c1. The van der Waals surface area contributed by atoms with Crippen LogP contribution in [0, 0.1) is 11.7 Å². The molecule has 0 radical (unpaired) electrons. The first kappa shape index (κ1) is 13.5. The van der Waals surface area contributed by atoms with E-state index in [1.807, 2.05) is 13.0 Å². The fraction of sp³-hybridized carbons (Fsp3) is 0.500. The molecule has 0 fully saturated rings. The van der Waals surface area contributed by atoms with Gasteiger partial charge in [0.25, 0.3) is 0 Å². The normalized spacial score (nSPS) is 14.8. The van der Waals surface area contributed by atoms with Crippen molar-refractivity contribution in [2.24, 2.45) is 11.7 Å². The third kappa shape index (κ3) is 4.12. The van der Waals surface area contributed by atoms with Crippen LogP contribution < -0.4 is 5.73 Å². The third-order valence-electron chi connectivity index (χ3n) is 2.33. The number of nitrogens with two attached hydrogens (primary N) is 1. The third-order valence-corrected chi connectivity index (χ3v) is 3.96. The van der Waals surface area contributed by atoms with Crippen molar-refractivity contribution in [2.75, 3.05) is 18.9 Å². The van der Waals surface area contributed by atoms with Crippen molar-refractivity contribution in [2.45, 2.75) is 12.2 Å². The standard InChI is InChI=1S/C12H18FNOS/c1-9(7-15)8-16-12(6-14)10-3-2-4-11(13)5-10/h2-5,9,12,15H,6-8,14H2,1H3. The van der Waals surface area contributed by atoms with E-state index in [1.165, 1.54) is 12.1 Å². The number of hydrogen-bond acceptors (Lipinski definition) is 3. The van der Waals surface area contributed by atoms with Crippen LogP contribution in [-0.2, 0) is 0 Å². The quantitative estimate of drug-likeness (QED) is 0.805. The highest BCUT2D eigenvalue weighted by Gasteiger charge is 2.12. The number of rotatable bonds is 6. The van der Waals surface area contributed by atoms with E-state index in [1.54, 1.807) is 17.8 Å². The van der Waals surface area contributed by atoms with Crippen molar-refractivity contribution in [1.82, 2.24) is 0 Å². The van der Waals surface area contributed by atoms with Gasteiger partial charge < -0.3 is 10.8 Å². The van der Waals surface area contributed by atoms with Gasteiger partial charge in [-0.2, -0.15) is 11.8 Å². The predicted molar refractivity (Wildman–Crippen MR) is 66.9 cm³/mol. The second-order valence-electron chi connectivity index (χ2n) is 3.90. The highest BCUT2D eigenvalue weighted by Crippen LogP contribution is 2.29. The second-order valence-corrected chi connectivity index (χ2v) is 5.14. The molecule has 0 spiro atoms. The van der Waals surface area contributed by atoms with Gasteiger partial charge in [-0.25, -0.2) is 4.39 Å². The van der Waals surface area contributed by atoms with Crippen LogP contribution in [0.25, 0.3) is 0 Å². The summed E-state index contributed by atoms with van der Waals surface area (Å²) in [6, 6.07) is 6.53. The number of halogens is 1. The molecule has 0 saturated heterocycles. The Morgan fingerprint density at radius 2 is 2.25 bits per heavy atom. The van der Waals surface area contributed by atoms with E-state index in [0.29, 0.717) is 6.54 Å². The molecule has 0 aliphatic heterocycles. The van der Waals surface area contributed by atoms with Crippen LogP contribution in [0.5, 0.6) is 0 Å². The van der Waals surface area contributed by atoms with Gasteiger partial charge in [0.1, 0.15) is 5.82 Å². The Labute approximate surface area is 100 Å². The molecule has 0 aliphatic carbocycles. The van der Waals surface area contributed by atoms with Gasteiger partial charge >= 0.3 is 0 Å². The predicted octanol–water partition coefficient (Wildman–Crippen LogP) is 2.19. The molecule has 90 valence electrons. The maximum atomic E-state index is 13.0. The van der Waals surface area contributed by atoms with E-state index < -0.39 is 0 Å². The molecule has 4 heteroatoms. The molecule has 0 bridgehead atoms. The molecule has 3 N–H and O–H groups in total. The maximum absolute atomic E-state index is 13.0. The van der Waals surface area contributed by atoms with E-state index in [0.717, 1.165) is 11.3 Å². The second kappa shape index (κ2) is 6.89. The van der Waals surface area contributed by atoms with Crippen molar-refractivity contribution in [3.63, 3.8) is 0 Å². The Balaban J connectivity index is 2.60. The summed E-state index contributed by atoms with van der Waals surface area (Å²) in [4.78, 5) is 0. The van der Waals surface area contributed by atoms with Crippen LogP contribution in [0.15, 0.2) is 24.3 Å². The molecule has 1 rings (SSSR count). The van der Waals surface area contributed by atoms with Crippen LogP contribution in [0.1, 0.15) is 17.7 Å². The molecular formula is C12H18FNOS. The zero-order valence-electron chi connectivity index (χ0n) is 9.40. The lowest BCUT2D eigenvalue weighted by molar-refractivity contribution is 0.250. The average molecular weight is 243 g/mol. The number of benzene rings is 1. The summed E-state index contributed by atoms with van der Waals surface area (Å²) in [5.41, 5.74) is 6.59. The molecule has 2 atom stereocenters. The van der Waals surface area contributed by atoms with E-state index >= 15 is 0 Å². The summed E-state index contributed by atoms with van der Waals surface area (Å²) < 4.78 is 13.0. The van der Waals surface area contributed by atoms with Crippen LogP contribution >= 0.6 is 11.8 Å². The minimum Gasteiger partial charge on any atom is -0.396 e.